The zero-order chi connectivity index (χ0) is 13.1. The summed E-state index contributed by atoms with van der Waals surface area (Å²) in [6.45, 7) is 4.05. The van der Waals surface area contributed by atoms with Crippen molar-refractivity contribution in [3.05, 3.63) is 57.6 Å². The average molecular weight is 307 g/mol. The Kier molecular flexibility index (Phi) is 4.04. The van der Waals surface area contributed by atoms with E-state index in [0.29, 0.717) is 0 Å². The van der Waals surface area contributed by atoms with E-state index in [9.17, 15) is 0 Å². The van der Waals surface area contributed by atoms with E-state index in [1.807, 2.05) is 50.2 Å². The van der Waals surface area contributed by atoms with Gasteiger partial charge in [0.1, 0.15) is 11.5 Å². The lowest BCUT2D eigenvalue weighted by atomic mass is 10.1. The molecule has 0 aliphatic rings. The average Bonchev–Trinajstić information content (AvgIpc) is 2.36. The van der Waals surface area contributed by atoms with Crippen LogP contribution in [0, 0.1) is 13.8 Å². The zero-order valence-corrected chi connectivity index (χ0v) is 12.0. The summed E-state index contributed by atoms with van der Waals surface area (Å²) >= 11 is 3.46. The molecule has 0 aliphatic carbocycles. The predicted molar refractivity (Wildman–Crippen MR) is 76.1 cm³/mol. The molecule has 0 bridgehead atoms. The van der Waals surface area contributed by atoms with Crippen LogP contribution >= 0.6 is 15.9 Å². The Bertz CT molecular complexity index is 564. The van der Waals surface area contributed by atoms with Gasteiger partial charge in [-0.2, -0.15) is 0 Å². The summed E-state index contributed by atoms with van der Waals surface area (Å²) < 4.78 is 6.91. The lowest BCUT2D eigenvalue weighted by Gasteiger charge is -2.10. The molecule has 1 N–H and O–H groups in total. The van der Waals surface area contributed by atoms with Gasteiger partial charge >= 0.3 is 0 Å². The highest BCUT2D eigenvalue weighted by molar-refractivity contribution is 9.10. The molecule has 3 heteroatoms. The lowest BCUT2D eigenvalue weighted by molar-refractivity contribution is 0.281. The van der Waals surface area contributed by atoms with Gasteiger partial charge in [-0.3, -0.25) is 0 Å². The van der Waals surface area contributed by atoms with E-state index in [1.54, 1.807) is 0 Å². The standard InChI is InChI=1S/C15H15BrO2/c1-10-8-13(4-5-14(10)16)18-15-6-3-12(9-17)7-11(15)2/h3-8,17H,9H2,1-2H3. The number of aliphatic hydroxyl groups excluding tert-OH is 1. The Morgan fingerprint density at radius 3 is 2.44 bits per heavy atom. The van der Waals surface area contributed by atoms with E-state index < -0.39 is 0 Å². The van der Waals surface area contributed by atoms with Crippen molar-refractivity contribution in [3.63, 3.8) is 0 Å². The first-order chi connectivity index (χ1) is 8.60. The van der Waals surface area contributed by atoms with Gasteiger partial charge in [-0.05, 0) is 54.8 Å². The Balaban J connectivity index is 2.25. The minimum absolute atomic E-state index is 0.0541. The maximum absolute atomic E-state index is 9.06. The van der Waals surface area contributed by atoms with Crippen molar-refractivity contribution in [1.82, 2.24) is 0 Å². The summed E-state index contributed by atoms with van der Waals surface area (Å²) in [6, 6.07) is 11.6. The van der Waals surface area contributed by atoms with Crippen LogP contribution < -0.4 is 4.74 Å². The van der Waals surface area contributed by atoms with Crippen LogP contribution in [0.3, 0.4) is 0 Å². The van der Waals surface area contributed by atoms with E-state index in [-0.39, 0.29) is 6.61 Å². The zero-order valence-electron chi connectivity index (χ0n) is 10.4. The van der Waals surface area contributed by atoms with Gasteiger partial charge in [0.25, 0.3) is 0 Å². The summed E-state index contributed by atoms with van der Waals surface area (Å²) in [7, 11) is 0. The van der Waals surface area contributed by atoms with Crippen LogP contribution in [-0.4, -0.2) is 5.11 Å². The number of hydrogen-bond donors (Lipinski definition) is 1. The quantitative estimate of drug-likeness (QED) is 0.913. The first-order valence-corrected chi connectivity index (χ1v) is 6.54. The molecular formula is C15H15BrO2. The van der Waals surface area contributed by atoms with Crippen LogP contribution in [0.15, 0.2) is 40.9 Å². The fourth-order valence-electron chi connectivity index (χ4n) is 1.73. The van der Waals surface area contributed by atoms with Gasteiger partial charge in [0.2, 0.25) is 0 Å². The predicted octanol–water partition coefficient (Wildman–Crippen LogP) is 4.35. The largest absolute Gasteiger partial charge is 0.457 e. The van der Waals surface area contributed by atoms with E-state index >= 15 is 0 Å². The highest BCUT2D eigenvalue weighted by atomic mass is 79.9. The minimum atomic E-state index is 0.0541. The number of halogens is 1. The summed E-state index contributed by atoms with van der Waals surface area (Å²) in [5.41, 5.74) is 3.05. The van der Waals surface area contributed by atoms with Crippen molar-refractivity contribution < 1.29 is 9.84 Å². The molecule has 0 spiro atoms. The molecule has 0 amide bonds. The molecule has 0 unspecified atom stereocenters. The SMILES string of the molecule is Cc1cc(Oc2ccc(CO)cc2C)ccc1Br. The van der Waals surface area contributed by atoms with E-state index in [4.69, 9.17) is 9.84 Å². The van der Waals surface area contributed by atoms with Gasteiger partial charge in [0.05, 0.1) is 6.61 Å². The topological polar surface area (TPSA) is 29.5 Å². The monoisotopic (exact) mass is 306 g/mol. The second-order valence-corrected chi connectivity index (χ2v) is 5.13. The van der Waals surface area contributed by atoms with Gasteiger partial charge in [-0.1, -0.05) is 28.1 Å². The second kappa shape index (κ2) is 5.55. The Morgan fingerprint density at radius 1 is 1.06 bits per heavy atom. The molecule has 0 saturated heterocycles. The van der Waals surface area contributed by atoms with Crippen molar-refractivity contribution in [3.8, 4) is 11.5 Å². The third-order valence-corrected chi connectivity index (χ3v) is 3.67. The van der Waals surface area contributed by atoms with E-state index in [1.165, 1.54) is 0 Å². The van der Waals surface area contributed by atoms with E-state index in [0.717, 1.165) is 32.7 Å². The number of aryl methyl sites for hydroxylation is 2. The molecule has 0 heterocycles. The first kappa shape index (κ1) is 13.1. The fourth-order valence-corrected chi connectivity index (χ4v) is 1.98. The Labute approximate surface area is 115 Å². The van der Waals surface area contributed by atoms with Gasteiger partial charge in [0.15, 0.2) is 0 Å². The molecule has 0 fully saturated rings. The molecule has 2 aromatic rings. The third kappa shape index (κ3) is 2.92. The molecule has 0 atom stereocenters. The smallest absolute Gasteiger partial charge is 0.130 e. The summed E-state index contributed by atoms with van der Waals surface area (Å²) in [5, 5.41) is 9.06. The molecule has 2 aromatic carbocycles. The summed E-state index contributed by atoms with van der Waals surface area (Å²) in [4.78, 5) is 0. The van der Waals surface area contributed by atoms with Gasteiger partial charge in [-0.25, -0.2) is 0 Å². The first-order valence-electron chi connectivity index (χ1n) is 5.74. The molecule has 0 saturated carbocycles. The van der Waals surface area contributed by atoms with Crippen LogP contribution in [0.2, 0.25) is 0 Å². The van der Waals surface area contributed by atoms with Gasteiger partial charge < -0.3 is 9.84 Å². The van der Waals surface area contributed by atoms with E-state index in [2.05, 4.69) is 15.9 Å². The number of rotatable bonds is 3. The fraction of sp³-hybridized carbons (Fsp3) is 0.200. The summed E-state index contributed by atoms with van der Waals surface area (Å²) in [6.07, 6.45) is 0. The molecule has 2 rings (SSSR count). The Hall–Kier alpha value is -1.32. The Morgan fingerprint density at radius 2 is 1.83 bits per heavy atom. The van der Waals surface area contributed by atoms with Gasteiger partial charge in [0, 0.05) is 4.47 Å². The minimum Gasteiger partial charge on any atom is -0.457 e. The molecule has 94 valence electrons. The maximum Gasteiger partial charge on any atom is 0.130 e. The molecule has 0 aliphatic heterocycles. The molecule has 0 aromatic heterocycles. The molecule has 18 heavy (non-hydrogen) atoms. The molecule has 0 radical (unpaired) electrons. The van der Waals surface area contributed by atoms with Crippen molar-refractivity contribution in [1.29, 1.82) is 0 Å². The molecule has 2 nitrogen and oxygen atoms in total. The number of hydrogen-bond acceptors (Lipinski definition) is 2. The number of ether oxygens (including phenoxy) is 1. The highest BCUT2D eigenvalue weighted by Crippen LogP contribution is 2.28. The van der Waals surface area contributed by atoms with Crippen molar-refractivity contribution in [2.24, 2.45) is 0 Å². The van der Waals surface area contributed by atoms with Crippen LogP contribution in [0.1, 0.15) is 16.7 Å². The highest BCUT2D eigenvalue weighted by Gasteiger charge is 2.04. The lowest BCUT2D eigenvalue weighted by Crippen LogP contribution is -1.91. The van der Waals surface area contributed by atoms with Crippen LogP contribution in [0.25, 0.3) is 0 Å². The normalized spacial score (nSPS) is 10.4. The van der Waals surface area contributed by atoms with Gasteiger partial charge in [-0.15, -0.1) is 0 Å². The van der Waals surface area contributed by atoms with Crippen molar-refractivity contribution in [2.75, 3.05) is 0 Å². The maximum atomic E-state index is 9.06. The van der Waals surface area contributed by atoms with Crippen LogP contribution in [0.4, 0.5) is 0 Å². The number of benzene rings is 2. The molecular weight excluding hydrogens is 292 g/mol. The second-order valence-electron chi connectivity index (χ2n) is 4.27. The number of aliphatic hydroxyl groups is 1. The third-order valence-electron chi connectivity index (χ3n) is 2.78. The van der Waals surface area contributed by atoms with Crippen LogP contribution in [-0.2, 0) is 6.61 Å². The van der Waals surface area contributed by atoms with Crippen LogP contribution in [0.5, 0.6) is 11.5 Å². The van der Waals surface area contributed by atoms with Crippen molar-refractivity contribution >= 4 is 15.9 Å². The summed E-state index contributed by atoms with van der Waals surface area (Å²) in [5.74, 6) is 1.63. The van der Waals surface area contributed by atoms with Crippen molar-refractivity contribution in [2.45, 2.75) is 20.5 Å².